The fourth-order valence-electron chi connectivity index (χ4n) is 4.25. The third kappa shape index (κ3) is 5.52. The summed E-state index contributed by atoms with van der Waals surface area (Å²) in [4.78, 5) is 32.3. The van der Waals surface area contributed by atoms with E-state index >= 15 is 0 Å². The molecule has 0 unspecified atom stereocenters. The molecule has 2 saturated heterocycles. The lowest BCUT2D eigenvalue weighted by Crippen LogP contribution is -2.70. The summed E-state index contributed by atoms with van der Waals surface area (Å²) in [6.45, 7) is 2.58. The number of carbonyl (C=O) groups is 2. The van der Waals surface area contributed by atoms with Gasteiger partial charge in [0.25, 0.3) is 5.91 Å². The van der Waals surface area contributed by atoms with Gasteiger partial charge in [-0.05, 0) is 35.7 Å². The molecule has 5 rings (SSSR count). The Morgan fingerprint density at radius 2 is 1.81 bits per heavy atom. The highest BCUT2D eigenvalue weighted by atomic mass is 32.1. The number of alkyl halides is 3. The van der Waals surface area contributed by atoms with Crippen LogP contribution in [0.2, 0.25) is 0 Å². The second-order valence-electron chi connectivity index (χ2n) is 8.91. The van der Waals surface area contributed by atoms with Gasteiger partial charge in [0.05, 0.1) is 11.6 Å². The summed E-state index contributed by atoms with van der Waals surface area (Å²) >= 11 is 1.30. The van der Waals surface area contributed by atoms with Crippen molar-refractivity contribution in [3.8, 4) is 5.75 Å². The molecule has 0 atom stereocenters. The van der Waals surface area contributed by atoms with Crippen LogP contribution in [0.4, 0.5) is 18.0 Å². The van der Waals surface area contributed by atoms with Gasteiger partial charge < -0.3 is 15.0 Å². The molecule has 0 radical (unpaired) electrons. The van der Waals surface area contributed by atoms with Gasteiger partial charge >= 0.3 is 12.3 Å². The predicted molar refractivity (Wildman–Crippen MR) is 127 cm³/mol. The Hall–Kier alpha value is -3.44. The first-order chi connectivity index (χ1) is 17.2. The molecule has 0 saturated carbocycles. The topological polar surface area (TPSA) is 74.8 Å². The molecule has 11 heteroatoms. The molecule has 188 valence electrons. The zero-order valence-corrected chi connectivity index (χ0v) is 19.9. The first-order valence-corrected chi connectivity index (χ1v) is 12.3. The smallest absolute Gasteiger partial charge is 0.410 e. The fourth-order valence-corrected chi connectivity index (χ4v) is 4.79. The Labute approximate surface area is 209 Å². The Balaban J connectivity index is 1.04. The van der Waals surface area contributed by atoms with Gasteiger partial charge in [-0.25, -0.2) is 9.78 Å². The maximum absolute atomic E-state index is 12.9. The standard InChI is InChI=1S/C25H23F3N4O3S/c26-25(27,28)18-3-1-2-17(11-18)10-16-4-6-21(7-5-16)35-24(34)32-14-20(15-32)31-12-19(13-31)30-22(33)23-29-8-9-36-23/h1-9,11,19-20H,10,12-15H2,(H,30,33). The van der Waals surface area contributed by atoms with E-state index in [9.17, 15) is 22.8 Å². The van der Waals surface area contributed by atoms with E-state index in [-0.39, 0.29) is 18.0 Å². The van der Waals surface area contributed by atoms with E-state index in [1.54, 1.807) is 46.8 Å². The molecule has 0 aliphatic carbocycles. The average molecular weight is 517 g/mol. The number of hydrogen-bond donors (Lipinski definition) is 1. The van der Waals surface area contributed by atoms with E-state index in [2.05, 4.69) is 15.2 Å². The van der Waals surface area contributed by atoms with Gasteiger partial charge in [-0.1, -0.05) is 30.3 Å². The van der Waals surface area contributed by atoms with Crippen LogP contribution < -0.4 is 10.1 Å². The van der Waals surface area contributed by atoms with Gasteiger partial charge in [0.1, 0.15) is 5.75 Å². The van der Waals surface area contributed by atoms with Gasteiger partial charge in [-0.2, -0.15) is 13.2 Å². The van der Waals surface area contributed by atoms with Crippen molar-refractivity contribution in [1.29, 1.82) is 0 Å². The Kier molecular flexibility index (Phi) is 6.67. The summed E-state index contributed by atoms with van der Waals surface area (Å²) in [7, 11) is 0. The maximum atomic E-state index is 12.9. The molecule has 36 heavy (non-hydrogen) atoms. The zero-order chi connectivity index (χ0) is 25.3. The number of ether oxygens (including phenoxy) is 1. The first kappa shape index (κ1) is 24.3. The highest BCUT2D eigenvalue weighted by molar-refractivity contribution is 7.11. The van der Waals surface area contributed by atoms with Crippen LogP contribution in [0, 0.1) is 0 Å². The Bertz CT molecular complexity index is 1220. The molecule has 2 aliphatic heterocycles. The van der Waals surface area contributed by atoms with Crippen molar-refractivity contribution in [2.24, 2.45) is 0 Å². The molecule has 3 aromatic rings. The van der Waals surface area contributed by atoms with Crippen molar-refractivity contribution in [3.63, 3.8) is 0 Å². The van der Waals surface area contributed by atoms with Crippen LogP contribution in [-0.4, -0.2) is 65.0 Å². The number of halogens is 3. The number of carbonyl (C=O) groups excluding carboxylic acids is 2. The second kappa shape index (κ2) is 9.90. The van der Waals surface area contributed by atoms with E-state index in [0.717, 1.165) is 30.8 Å². The molecule has 0 bridgehead atoms. The average Bonchev–Trinajstić information content (AvgIpc) is 3.32. The van der Waals surface area contributed by atoms with Crippen molar-refractivity contribution in [2.75, 3.05) is 26.2 Å². The third-order valence-corrected chi connectivity index (χ3v) is 7.07. The monoisotopic (exact) mass is 516 g/mol. The van der Waals surface area contributed by atoms with Crippen molar-refractivity contribution in [1.82, 2.24) is 20.1 Å². The number of aromatic nitrogens is 1. The summed E-state index contributed by atoms with van der Waals surface area (Å²) in [5.41, 5.74) is 0.692. The van der Waals surface area contributed by atoms with Crippen LogP contribution in [0.3, 0.4) is 0 Å². The van der Waals surface area contributed by atoms with Crippen molar-refractivity contribution in [2.45, 2.75) is 24.7 Å². The van der Waals surface area contributed by atoms with Crippen molar-refractivity contribution in [3.05, 3.63) is 81.8 Å². The summed E-state index contributed by atoms with van der Waals surface area (Å²) in [5, 5.41) is 5.18. The summed E-state index contributed by atoms with van der Waals surface area (Å²) in [5.74, 6) is 0.222. The SMILES string of the molecule is O=C(NC1CN(C2CN(C(=O)Oc3ccc(Cc4cccc(C(F)(F)F)c4)cc3)C2)C1)c1nccs1. The molecule has 2 aliphatic rings. The molecule has 2 fully saturated rings. The van der Waals surface area contributed by atoms with Gasteiger partial charge in [0, 0.05) is 43.8 Å². The second-order valence-corrected chi connectivity index (χ2v) is 9.80. The molecule has 3 heterocycles. The minimum atomic E-state index is -4.38. The van der Waals surface area contributed by atoms with Crippen LogP contribution in [-0.2, 0) is 12.6 Å². The van der Waals surface area contributed by atoms with Crippen LogP contribution in [0.15, 0.2) is 60.1 Å². The van der Waals surface area contributed by atoms with Crippen LogP contribution in [0.25, 0.3) is 0 Å². The number of thiazole rings is 1. The number of amides is 2. The molecule has 1 aromatic heterocycles. The lowest BCUT2D eigenvalue weighted by atomic mass is 10.00. The highest BCUT2D eigenvalue weighted by Crippen LogP contribution is 2.30. The lowest BCUT2D eigenvalue weighted by molar-refractivity contribution is -0.137. The van der Waals surface area contributed by atoms with E-state index in [1.807, 2.05) is 0 Å². The van der Waals surface area contributed by atoms with E-state index in [1.165, 1.54) is 17.4 Å². The van der Waals surface area contributed by atoms with Gasteiger partial charge in [0.2, 0.25) is 0 Å². The van der Waals surface area contributed by atoms with Crippen molar-refractivity contribution < 1.29 is 27.5 Å². The van der Waals surface area contributed by atoms with E-state index in [0.29, 0.717) is 35.8 Å². The number of benzene rings is 2. The van der Waals surface area contributed by atoms with Gasteiger partial charge in [-0.15, -0.1) is 11.3 Å². The predicted octanol–water partition coefficient (Wildman–Crippen LogP) is 4.05. The summed E-state index contributed by atoms with van der Waals surface area (Å²) in [6.07, 6.45) is -2.87. The zero-order valence-electron chi connectivity index (χ0n) is 19.1. The molecule has 7 nitrogen and oxygen atoms in total. The Morgan fingerprint density at radius 1 is 1.06 bits per heavy atom. The summed E-state index contributed by atoms with van der Waals surface area (Å²) < 4.78 is 44.2. The number of hydrogen-bond acceptors (Lipinski definition) is 6. The molecular weight excluding hydrogens is 493 g/mol. The largest absolute Gasteiger partial charge is 0.416 e. The lowest BCUT2D eigenvalue weighted by Gasteiger charge is -2.51. The Morgan fingerprint density at radius 3 is 2.47 bits per heavy atom. The molecule has 1 N–H and O–H groups in total. The number of nitrogens with zero attached hydrogens (tertiary/aromatic N) is 3. The highest BCUT2D eigenvalue weighted by Gasteiger charge is 2.41. The van der Waals surface area contributed by atoms with Gasteiger partial charge in [0.15, 0.2) is 5.01 Å². The molecule has 2 amide bonds. The van der Waals surface area contributed by atoms with Crippen LogP contribution >= 0.6 is 11.3 Å². The number of nitrogens with one attached hydrogen (secondary N) is 1. The van der Waals surface area contributed by atoms with Gasteiger partial charge in [-0.3, -0.25) is 9.69 Å². The minimum Gasteiger partial charge on any atom is -0.410 e. The number of likely N-dealkylation sites (tertiary alicyclic amines) is 2. The molecule has 0 spiro atoms. The fraction of sp³-hybridized carbons (Fsp3) is 0.320. The molecular formula is C25H23F3N4O3S. The minimum absolute atomic E-state index is 0.0804. The quantitative estimate of drug-likeness (QED) is 0.535. The summed E-state index contributed by atoms with van der Waals surface area (Å²) in [6, 6.07) is 12.3. The van der Waals surface area contributed by atoms with Crippen LogP contribution in [0.1, 0.15) is 26.5 Å². The van der Waals surface area contributed by atoms with E-state index in [4.69, 9.17) is 4.74 Å². The number of rotatable bonds is 6. The van der Waals surface area contributed by atoms with Crippen LogP contribution in [0.5, 0.6) is 5.75 Å². The maximum Gasteiger partial charge on any atom is 0.416 e. The van der Waals surface area contributed by atoms with E-state index < -0.39 is 17.8 Å². The third-order valence-electron chi connectivity index (χ3n) is 6.30. The normalized spacial score (nSPS) is 16.8. The van der Waals surface area contributed by atoms with Crippen molar-refractivity contribution >= 4 is 23.3 Å². The molecule has 2 aromatic carbocycles. The first-order valence-electron chi connectivity index (χ1n) is 11.4.